The molecule has 1 aromatic carbocycles. The number of aliphatic hydroxyl groups is 1. The van der Waals surface area contributed by atoms with Crippen LogP contribution in [0.1, 0.15) is 66.4 Å². The number of esters is 1. The van der Waals surface area contributed by atoms with Crippen molar-refractivity contribution in [3.63, 3.8) is 0 Å². The Morgan fingerprint density at radius 1 is 1.22 bits per heavy atom. The van der Waals surface area contributed by atoms with Crippen molar-refractivity contribution in [3.8, 4) is 0 Å². The summed E-state index contributed by atoms with van der Waals surface area (Å²) in [6, 6.07) is 8.37. The summed E-state index contributed by atoms with van der Waals surface area (Å²) in [6.45, 7) is 12.2. The zero-order valence-electron chi connectivity index (χ0n) is 23.0. The number of aliphatic hydroxyl groups excluding tert-OH is 1. The first-order chi connectivity index (χ1) is 17.3. The monoisotopic (exact) mass is 530 g/mol. The van der Waals surface area contributed by atoms with Crippen LogP contribution in [0.25, 0.3) is 0 Å². The van der Waals surface area contributed by atoms with E-state index in [1.165, 1.54) is 0 Å². The van der Waals surface area contributed by atoms with Crippen molar-refractivity contribution in [1.29, 1.82) is 0 Å². The minimum atomic E-state index is -0.764. The summed E-state index contributed by atoms with van der Waals surface area (Å²) in [5.74, 6) is -1.95. The van der Waals surface area contributed by atoms with Crippen molar-refractivity contribution in [1.82, 2.24) is 10.2 Å². The highest BCUT2D eigenvalue weighted by molar-refractivity contribution is 8.02. The second-order valence-corrected chi connectivity index (χ2v) is 14.3. The number of hydrogen-bond donors (Lipinski definition) is 2. The molecule has 2 unspecified atom stereocenters. The Balaban J connectivity index is 1.73. The van der Waals surface area contributed by atoms with Gasteiger partial charge in [-0.2, -0.15) is 0 Å². The number of likely N-dealkylation sites (tertiary alicyclic amines) is 1. The second-order valence-electron chi connectivity index (χ2n) is 12.7. The fourth-order valence-corrected chi connectivity index (χ4v) is 9.39. The first kappa shape index (κ1) is 28.0. The van der Waals surface area contributed by atoms with E-state index < -0.39 is 34.2 Å². The van der Waals surface area contributed by atoms with Crippen molar-refractivity contribution in [3.05, 3.63) is 35.9 Å². The lowest BCUT2D eigenvalue weighted by atomic mass is 9.71. The van der Waals surface area contributed by atoms with Gasteiger partial charge in [-0.05, 0) is 57.4 Å². The van der Waals surface area contributed by atoms with Crippen LogP contribution in [0.3, 0.4) is 0 Å². The molecule has 204 valence electrons. The van der Waals surface area contributed by atoms with E-state index in [1.807, 2.05) is 44.2 Å². The lowest BCUT2D eigenvalue weighted by molar-refractivity contribution is -0.154. The molecule has 2 N–H and O–H groups in total. The van der Waals surface area contributed by atoms with Gasteiger partial charge in [-0.15, -0.1) is 11.8 Å². The van der Waals surface area contributed by atoms with Gasteiger partial charge in [-0.25, -0.2) is 0 Å². The number of ether oxygens (including phenoxy) is 1. The molecule has 7 nitrogen and oxygen atoms in total. The third-order valence-electron chi connectivity index (χ3n) is 7.90. The zero-order valence-corrected chi connectivity index (χ0v) is 23.8. The zero-order chi connectivity index (χ0) is 27.2. The van der Waals surface area contributed by atoms with Crippen LogP contribution in [0.2, 0.25) is 0 Å². The molecule has 4 rings (SSSR count). The van der Waals surface area contributed by atoms with Gasteiger partial charge < -0.3 is 20.1 Å². The Morgan fingerprint density at radius 2 is 1.89 bits per heavy atom. The molecule has 2 amide bonds. The summed E-state index contributed by atoms with van der Waals surface area (Å²) in [5, 5.41) is 13.7. The highest BCUT2D eigenvalue weighted by Crippen LogP contribution is 2.66. The van der Waals surface area contributed by atoms with E-state index in [0.29, 0.717) is 12.8 Å². The molecule has 3 fully saturated rings. The molecule has 3 aliphatic heterocycles. The third-order valence-corrected chi connectivity index (χ3v) is 9.85. The predicted molar refractivity (Wildman–Crippen MR) is 145 cm³/mol. The standard InChI is InChI=1S/C29H42N2O5S/c1-7-36-26(35)21-20-13-14-29(37-20)22(21)25(34)31(19(16-32)15-18-11-9-8-10-12-18)23(29)24(33)30-28(5,6)17-27(2,3)4/h8-12,19-23,32H,7,13-17H2,1-6H3,(H,30,33)/t19-,20+,21-,22+,23?,29?/m1/s1. The van der Waals surface area contributed by atoms with Gasteiger partial charge in [-0.3, -0.25) is 14.4 Å². The van der Waals surface area contributed by atoms with Crippen LogP contribution >= 0.6 is 11.8 Å². The van der Waals surface area contributed by atoms with Crippen molar-refractivity contribution < 1.29 is 24.2 Å². The summed E-state index contributed by atoms with van der Waals surface area (Å²) in [7, 11) is 0. The molecule has 0 aliphatic carbocycles. The lowest BCUT2D eigenvalue weighted by Crippen LogP contribution is -2.60. The Kier molecular flexibility index (Phi) is 7.75. The quantitative estimate of drug-likeness (QED) is 0.474. The topological polar surface area (TPSA) is 95.9 Å². The molecule has 1 spiro atoms. The predicted octanol–water partition coefficient (Wildman–Crippen LogP) is 3.58. The molecular weight excluding hydrogens is 488 g/mol. The number of benzene rings is 1. The van der Waals surface area contributed by atoms with Crippen LogP contribution in [0.5, 0.6) is 0 Å². The number of hydrogen-bond acceptors (Lipinski definition) is 6. The van der Waals surface area contributed by atoms with Crippen LogP contribution in [-0.4, -0.2) is 68.6 Å². The first-order valence-corrected chi connectivity index (χ1v) is 14.3. The fourth-order valence-electron chi connectivity index (χ4n) is 7.20. The summed E-state index contributed by atoms with van der Waals surface area (Å²) in [6.07, 6.45) is 2.65. The number of fused-ring (bicyclic) bond motifs is 1. The minimum absolute atomic E-state index is 0.000699. The van der Waals surface area contributed by atoms with E-state index in [4.69, 9.17) is 4.74 Å². The number of carbonyl (C=O) groups excluding carboxylic acids is 3. The van der Waals surface area contributed by atoms with E-state index in [-0.39, 0.29) is 41.7 Å². The molecule has 3 aliphatic rings. The van der Waals surface area contributed by atoms with Gasteiger partial charge in [0.05, 0.1) is 35.8 Å². The lowest BCUT2D eigenvalue weighted by Gasteiger charge is -2.40. The number of amides is 2. The number of nitrogens with one attached hydrogen (secondary N) is 1. The minimum Gasteiger partial charge on any atom is -0.466 e. The molecule has 6 atom stereocenters. The molecule has 3 saturated heterocycles. The smallest absolute Gasteiger partial charge is 0.310 e. The van der Waals surface area contributed by atoms with Crippen LogP contribution in [0.15, 0.2) is 30.3 Å². The molecule has 2 bridgehead atoms. The molecule has 3 heterocycles. The maximum Gasteiger partial charge on any atom is 0.310 e. The average molecular weight is 531 g/mol. The highest BCUT2D eigenvalue weighted by Gasteiger charge is 2.74. The molecule has 8 heteroatoms. The Labute approximate surface area is 225 Å². The molecule has 1 aromatic rings. The first-order valence-electron chi connectivity index (χ1n) is 13.5. The van der Waals surface area contributed by atoms with Gasteiger partial charge in [-0.1, -0.05) is 51.1 Å². The molecular formula is C29H42N2O5S. The Hall–Kier alpha value is -2.06. The van der Waals surface area contributed by atoms with E-state index >= 15 is 0 Å². The van der Waals surface area contributed by atoms with E-state index in [2.05, 4.69) is 26.1 Å². The van der Waals surface area contributed by atoms with E-state index in [0.717, 1.165) is 18.4 Å². The Bertz CT molecular complexity index is 1020. The number of rotatable bonds is 9. The van der Waals surface area contributed by atoms with Crippen molar-refractivity contribution >= 4 is 29.5 Å². The van der Waals surface area contributed by atoms with E-state index in [1.54, 1.807) is 23.6 Å². The van der Waals surface area contributed by atoms with Crippen LogP contribution < -0.4 is 5.32 Å². The van der Waals surface area contributed by atoms with Crippen molar-refractivity contribution in [2.75, 3.05) is 13.2 Å². The number of nitrogens with zero attached hydrogens (tertiary/aromatic N) is 1. The van der Waals surface area contributed by atoms with Gasteiger partial charge in [0.15, 0.2) is 0 Å². The third kappa shape index (κ3) is 5.29. The maximum absolute atomic E-state index is 14.2. The van der Waals surface area contributed by atoms with Gasteiger partial charge in [0.25, 0.3) is 0 Å². The second kappa shape index (κ2) is 10.3. The molecule has 0 saturated carbocycles. The maximum atomic E-state index is 14.2. The number of thioether (sulfide) groups is 1. The van der Waals surface area contributed by atoms with Crippen LogP contribution in [-0.2, 0) is 25.5 Å². The summed E-state index contributed by atoms with van der Waals surface area (Å²) in [4.78, 5) is 43.1. The largest absolute Gasteiger partial charge is 0.466 e. The van der Waals surface area contributed by atoms with Gasteiger partial charge in [0, 0.05) is 10.8 Å². The molecule has 0 aromatic heterocycles. The average Bonchev–Trinajstić information content (AvgIpc) is 3.43. The van der Waals surface area contributed by atoms with Crippen LogP contribution in [0, 0.1) is 17.3 Å². The van der Waals surface area contributed by atoms with Gasteiger partial charge >= 0.3 is 5.97 Å². The number of carbonyl (C=O) groups is 3. The SMILES string of the molecule is CCOC(=O)[C@@H]1[C@@H]2CCC3(S2)C(C(=O)NC(C)(C)CC(C)(C)C)N([C@@H](CO)Cc2ccccc2)C(=O)[C@H]13. The molecule has 0 radical (unpaired) electrons. The van der Waals surface area contributed by atoms with Crippen molar-refractivity contribution in [2.24, 2.45) is 17.3 Å². The summed E-state index contributed by atoms with van der Waals surface area (Å²) < 4.78 is 4.70. The Morgan fingerprint density at radius 3 is 2.49 bits per heavy atom. The normalized spacial score (nSPS) is 29.8. The van der Waals surface area contributed by atoms with E-state index in [9.17, 15) is 19.5 Å². The highest BCUT2D eigenvalue weighted by atomic mass is 32.2. The molecule has 37 heavy (non-hydrogen) atoms. The van der Waals surface area contributed by atoms with Gasteiger partial charge in [0.1, 0.15) is 6.04 Å². The van der Waals surface area contributed by atoms with Crippen LogP contribution in [0.4, 0.5) is 0 Å². The summed E-state index contributed by atoms with van der Waals surface area (Å²) >= 11 is 1.62. The van der Waals surface area contributed by atoms with Crippen molar-refractivity contribution in [2.45, 2.75) is 94.8 Å². The summed E-state index contributed by atoms with van der Waals surface area (Å²) in [5.41, 5.74) is 0.489. The van der Waals surface area contributed by atoms with Gasteiger partial charge in [0.2, 0.25) is 11.8 Å². The fraction of sp³-hybridized carbons (Fsp3) is 0.690.